The zero-order valence-electron chi connectivity index (χ0n) is 14.6. The topological polar surface area (TPSA) is 21.3 Å². The van der Waals surface area contributed by atoms with Crippen molar-refractivity contribution in [3.05, 3.63) is 99.5 Å². The van der Waals surface area contributed by atoms with Crippen molar-refractivity contribution >= 4 is 23.2 Å². The summed E-state index contributed by atoms with van der Waals surface area (Å²) in [5, 5.41) is 4.78. The van der Waals surface area contributed by atoms with Crippen molar-refractivity contribution in [1.82, 2.24) is 5.32 Å². The fourth-order valence-electron chi connectivity index (χ4n) is 2.73. The van der Waals surface area contributed by atoms with Crippen LogP contribution in [0.3, 0.4) is 0 Å². The van der Waals surface area contributed by atoms with Gasteiger partial charge in [0.05, 0.1) is 0 Å². The van der Waals surface area contributed by atoms with E-state index in [1.807, 2.05) is 42.5 Å². The van der Waals surface area contributed by atoms with Crippen LogP contribution in [-0.2, 0) is 13.2 Å². The minimum absolute atomic E-state index is 0.252. The molecule has 0 aliphatic heterocycles. The second-order valence-electron chi connectivity index (χ2n) is 6.11. The van der Waals surface area contributed by atoms with Gasteiger partial charge in [-0.25, -0.2) is 0 Å². The van der Waals surface area contributed by atoms with Gasteiger partial charge in [0.25, 0.3) is 0 Å². The van der Waals surface area contributed by atoms with Crippen molar-refractivity contribution < 1.29 is 4.74 Å². The lowest BCUT2D eigenvalue weighted by atomic mass is 10.1. The van der Waals surface area contributed by atoms with Gasteiger partial charge in [0.1, 0.15) is 12.4 Å². The summed E-state index contributed by atoms with van der Waals surface area (Å²) in [6.45, 7) is 3.20. The summed E-state index contributed by atoms with van der Waals surface area (Å²) in [6.07, 6.45) is 0. The number of para-hydroxylation sites is 1. The van der Waals surface area contributed by atoms with Crippen LogP contribution in [0.5, 0.6) is 5.75 Å². The van der Waals surface area contributed by atoms with Crippen LogP contribution in [-0.4, -0.2) is 0 Å². The highest BCUT2D eigenvalue weighted by molar-refractivity contribution is 6.35. The first-order valence-corrected chi connectivity index (χ1v) is 9.32. The van der Waals surface area contributed by atoms with Crippen LogP contribution >= 0.6 is 23.2 Å². The molecule has 0 unspecified atom stereocenters. The number of ether oxygens (including phenoxy) is 1. The van der Waals surface area contributed by atoms with Crippen molar-refractivity contribution in [2.75, 3.05) is 0 Å². The molecule has 0 saturated carbocycles. The molecule has 0 amide bonds. The zero-order valence-corrected chi connectivity index (χ0v) is 16.1. The molecule has 2 nitrogen and oxygen atoms in total. The van der Waals surface area contributed by atoms with Gasteiger partial charge < -0.3 is 10.1 Å². The van der Waals surface area contributed by atoms with Gasteiger partial charge in [-0.15, -0.1) is 0 Å². The van der Waals surface area contributed by atoms with Gasteiger partial charge in [-0.1, -0.05) is 77.8 Å². The average molecular weight is 386 g/mol. The Kier molecular flexibility index (Phi) is 6.56. The van der Waals surface area contributed by atoms with Gasteiger partial charge in [-0.05, 0) is 30.7 Å². The van der Waals surface area contributed by atoms with E-state index >= 15 is 0 Å². The minimum Gasteiger partial charge on any atom is -0.488 e. The highest BCUT2D eigenvalue weighted by atomic mass is 35.5. The number of benzene rings is 3. The van der Waals surface area contributed by atoms with Gasteiger partial charge in [0.15, 0.2) is 0 Å². The van der Waals surface area contributed by atoms with Crippen LogP contribution in [0.25, 0.3) is 0 Å². The fourth-order valence-corrected chi connectivity index (χ4v) is 3.24. The van der Waals surface area contributed by atoms with Crippen molar-refractivity contribution in [3.63, 3.8) is 0 Å². The molecule has 0 aliphatic rings. The predicted molar refractivity (Wildman–Crippen MR) is 109 cm³/mol. The Balaban J connectivity index is 1.66. The summed E-state index contributed by atoms with van der Waals surface area (Å²) < 4.78 is 6.01. The van der Waals surface area contributed by atoms with Crippen LogP contribution in [0.4, 0.5) is 0 Å². The molecule has 0 radical (unpaired) electrons. The average Bonchev–Trinajstić information content (AvgIpc) is 2.67. The maximum Gasteiger partial charge on any atom is 0.124 e. The van der Waals surface area contributed by atoms with E-state index in [0.29, 0.717) is 23.2 Å². The van der Waals surface area contributed by atoms with Crippen LogP contribution in [0, 0.1) is 0 Å². The van der Waals surface area contributed by atoms with E-state index in [2.05, 4.69) is 42.6 Å². The van der Waals surface area contributed by atoms with Crippen molar-refractivity contribution in [3.8, 4) is 5.75 Å². The summed E-state index contributed by atoms with van der Waals surface area (Å²) in [5.74, 6) is 0.830. The fraction of sp³-hybridized carbons (Fsp3) is 0.182. The lowest BCUT2D eigenvalue weighted by molar-refractivity contribution is 0.302. The Morgan fingerprint density at radius 3 is 2.23 bits per heavy atom. The molecular formula is C22H21Cl2NO. The summed E-state index contributed by atoms with van der Waals surface area (Å²) in [6, 6.07) is 24.1. The van der Waals surface area contributed by atoms with Gasteiger partial charge in [-0.2, -0.15) is 0 Å². The predicted octanol–water partition coefficient (Wildman–Crippen LogP) is 6.42. The molecule has 134 valence electrons. The molecule has 3 aromatic carbocycles. The third kappa shape index (κ3) is 4.79. The number of hydrogen-bond donors (Lipinski definition) is 1. The molecule has 0 saturated heterocycles. The molecule has 0 heterocycles. The monoisotopic (exact) mass is 385 g/mol. The highest BCUT2D eigenvalue weighted by Gasteiger charge is 2.10. The normalized spacial score (nSPS) is 12.0. The van der Waals surface area contributed by atoms with Crippen LogP contribution in [0.1, 0.15) is 29.7 Å². The van der Waals surface area contributed by atoms with Crippen molar-refractivity contribution in [1.29, 1.82) is 0 Å². The van der Waals surface area contributed by atoms with Gasteiger partial charge in [0.2, 0.25) is 0 Å². The van der Waals surface area contributed by atoms with E-state index in [1.165, 1.54) is 5.56 Å². The van der Waals surface area contributed by atoms with E-state index in [1.54, 1.807) is 0 Å². The Morgan fingerprint density at radius 2 is 1.50 bits per heavy atom. The molecule has 0 bridgehead atoms. The van der Waals surface area contributed by atoms with E-state index < -0.39 is 0 Å². The first kappa shape index (κ1) is 18.8. The molecule has 0 spiro atoms. The summed E-state index contributed by atoms with van der Waals surface area (Å²) in [7, 11) is 0. The van der Waals surface area contributed by atoms with Gasteiger partial charge in [0, 0.05) is 33.8 Å². The molecule has 4 heteroatoms. The first-order chi connectivity index (χ1) is 12.6. The first-order valence-electron chi connectivity index (χ1n) is 8.57. The number of rotatable bonds is 7. The van der Waals surface area contributed by atoms with E-state index in [4.69, 9.17) is 27.9 Å². The number of hydrogen-bond acceptors (Lipinski definition) is 2. The van der Waals surface area contributed by atoms with Crippen LogP contribution in [0.2, 0.25) is 10.0 Å². The Hall–Kier alpha value is -2.00. The van der Waals surface area contributed by atoms with E-state index in [0.717, 1.165) is 16.9 Å². The molecule has 0 fully saturated rings. The number of nitrogens with one attached hydrogen (secondary N) is 1. The number of halogens is 2. The molecule has 1 atom stereocenters. The van der Waals surface area contributed by atoms with Crippen molar-refractivity contribution in [2.45, 2.75) is 26.1 Å². The summed E-state index contributed by atoms with van der Waals surface area (Å²) >= 11 is 12.5. The van der Waals surface area contributed by atoms with Crippen LogP contribution in [0.15, 0.2) is 72.8 Å². The quantitative estimate of drug-likeness (QED) is 0.506. The Bertz CT molecular complexity index is 832. The molecular weight excluding hydrogens is 365 g/mol. The molecule has 3 rings (SSSR count). The van der Waals surface area contributed by atoms with Crippen molar-refractivity contribution in [2.24, 2.45) is 0 Å². The lowest BCUT2D eigenvalue weighted by Crippen LogP contribution is -2.18. The molecule has 0 aromatic heterocycles. The molecule has 3 aromatic rings. The smallest absolute Gasteiger partial charge is 0.124 e. The minimum atomic E-state index is 0.252. The van der Waals surface area contributed by atoms with Gasteiger partial charge >= 0.3 is 0 Å². The van der Waals surface area contributed by atoms with Gasteiger partial charge in [-0.3, -0.25) is 0 Å². The third-order valence-corrected chi connectivity index (χ3v) is 5.01. The third-order valence-electron chi connectivity index (χ3n) is 4.30. The van der Waals surface area contributed by atoms with Crippen LogP contribution < -0.4 is 10.1 Å². The maximum absolute atomic E-state index is 6.23. The largest absolute Gasteiger partial charge is 0.488 e. The SMILES string of the molecule is C[C@@H](NCc1ccccc1OCc1c(Cl)cccc1Cl)c1ccccc1. The Morgan fingerprint density at radius 1 is 0.846 bits per heavy atom. The summed E-state index contributed by atoms with van der Waals surface area (Å²) in [4.78, 5) is 0. The standard InChI is InChI=1S/C22H21Cl2NO/c1-16(17-8-3-2-4-9-17)25-14-18-10-5-6-13-22(18)26-15-19-20(23)11-7-12-21(19)24/h2-13,16,25H,14-15H2,1H3/t16-/m1/s1. The maximum atomic E-state index is 6.23. The second kappa shape index (κ2) is 9.09. The molecule has 26 heavy (non-hydrogen) atoms. The van der Waals surface area contributed by atoms with E-state index in [-0.39, 0.29) is 6.04 Å². The zero-order chi connectivity index (χ0) is 18.4. The van der Waals surface area contributed by atoms with E-state index in [9.17, 15) is 0 Å². The lowest BCUT2D eigenvalue weighted by Gasteiger charge is -2.17. The molecule has 0 aliphatic carbocycles. The second-order valence-corrected chi connectivity index (χ2v) is 6.92. The molecule has 1 N–H and O–H groups in total. The summed E-state index contributed by atoms with van der Waals surface area (Å²) in [5.41, 5.74) is 3.16. The Labute approximate surface area is 164 Å². The highest BCUT2D eigenvalue weighted by Crippen LogP contribution is 2.27.